The minimum atomic E-state index is -5.20. The number of esters is 1. The van der Waals surface area contributed by atoms with Crippen molar-refractivity contribution < 1.29 is 32.3 Å². The second-order valence-corrected chi connectivity index (χ2v) is 7.46. The van der Waals surface area contributed by atoms with Crippen LogP contribution in [0.5, 0.6) is 0 Å². The highest BCUT2D eigenvalue weighted by Gasteiger charge is 2.71. The summed E-state index contributed by atoms with van der Waals surface area (Å²) in [4.78, 5) is 38.6. The minimum Gasteiger partial charge on any atom is -0.466 e. The number of carbonyl (C=O) groups excluding carboxylic acids is 3. The van der Waals surface area contributed by atoms with Gasteiger partial charge in [0.15, 0.2) is 0 Å². The number of hydrogen-bond donors (Lipinski definition) is 1. The molecule has 6 nitrogen and oxygen atoms in total. The molecule has 1 aliphatic heterocycles. The fourth-order valence-electron chi connectivity index (χ4n) is 3.92. The molecule has 2 rings (SSSR count). The van der Waals surface area contributed by atoms with Gasteiger partial charge in [-0.1, -0.05) is 26.7 Å². The summed E-state index contributed by atoms with van der Waals surface area (Å²) in [7, 11) is 0.947. The van der Waals surface area contributed by atoms with Crippen LogP contribution in [0, 0.1) is 5.92 Å². The molecular weight excluding hydrogens is 365 g/mol. The van der Waals surface area contributed by atoms with Gasteiger partial charge in [-0.3, -0.25) is 9.59 Å². The Kier molecular flexibility index (Phi) is 5.91. The van der Waals surface area contributed by atoms with E-state index in [-0.39, 0.29) is 18.0 Å². The van der Waals surface area contributed by atoms with Crippen LogP contribution in [-0.4, -0.2) is 47.6 Å². The van der Waals surface area contributed by atoms with Crippen molar-refractivity contribution in [1.82, 2.24) is 10.2 Å². The smallest absolute Gasteiger partial charge is 0.425 e. The summed E-state index contributed by atoms with van der Waals surface area (Å²) in [6.07, 6.45) is -2.74. The van der Waals surface area contributed by atoms with Crippen molar-refractivity contribution in [2.45, 2.75) is 70.6 Å². The van der Waals surface area contributed by atoms with Gasteiger partial charge in [0.1, 0.15) is 5.57 Å². The van der Waals surface area contributed by atoms with E-state index in [0.717, 1.165) is 24.9 Å². The quantitative estimate of drug-likeness (QED) is 0.733. The van der Waals surface area contributed by atoms with Crippen molar-refractivity contribution in [3.8, 4) is 0 Å². The molecule has 9 heteroatoms. The lowest BCUT2D eigenvalue weighted by atomic mass is 9.88. The SMILES string of the molecule is COC(=O)C1=C(C)N(C2CCCC2)C(=O)C1(NC(=O)CC(C)C)C(F)(F)F. The molecule has 0 aromatic carbocycles. The average molecular weight is 390 g/mol. The predicted octanol–water partition coefficient (Wildman–Crippen LogP) is 2.68. The van der Waals surface area contributed by atoms with E-state index in [2.05, 4.69) is 4.74 Å². The number of halogens is 3. The largest absolute Gasteiger partial charge is 0.466 e. The average Bonchev–Trinajstić information content (AvgIpc) is 3.12. The lowest BCUT2D eigenvalue weighted by molar-refractivity contribution is -0.196. The highest BCUT2D eigenvalue weighted by atomic mass is 19.4. The number of allylic oxidation sites excluding steroid dienone is 1. The van der Waals surface area contributed by atoms with Gasteiger partial charge in [-0.2, -0.15) is 13.2 Å². The van der Waals surface area contributed by atoms with Crippen LogP contribution in [0.15, 0.2) is 11.3 Å². The Labute approximate surface area is 156 Å². The molecule has 0 bridgehead atoms. The zero-order valence-electron chi connectivity index (χ0n) is 15.9. The molecule has 1 fully saturated rings. The molecule has 2 aliphatic rings. The van der Waals surface area contributed by atoms with Crippen molar-refractivity contribution in [2.75, 3.05) is 7.11 Å². The Morgan fingerprint density at radius 2 is 1.85 bits per heavy atom. The third-order valence-corrected chi connectivity index (χ3v) is 5.06. The van der Waals surface area contributed by atoms with E-state index < -0.39 is 41.1 Å². The summed E-state index contributed by atoms with van der Waals surface area (Å²) in [5.41, 5.74) is -4.38. The van der Waals surface area contributed by atoms with E-state index in [1.165, 1.54) is 6.92 Å². The standard InChI is InChI=1S/C18H25F3N2O4/c1-10(2)9-13(24)22-17(18(19,20)21)14(15(25)27-4)11(3)23(16(17)26)12-7-5-6-8-12/h10,12H,5-9H2,1-4H3,(H,22,24). The number of ether oxygens (including phenoxy) is 1. The number of hydrogen-bond acceptors (Lipinski definition) is 4. The van der Waals surface area contributed by atoms with Gasteiger partial charge in [-0.25, -0.2) is 4.79 Å². The Hall–Kier alpha value is -2.06. The van der Waals surface area contributed by atoms with Crippen LogP contribution in [0.1, 0.15) is 52.9 Å². The first-order valence-corrected chi connectivity index (χ1v) is 8.98. The van der Waals surface area contributed by atoms with Crippen LogP contribution in [0.2, 0.25) is 0 Å². The third-order valence-electron chi connectivity index (χ3n) is 5.06. The van der Waals surface area contributed by atoms with Gasteiger partial charge in [-0.15, -0.1) is 0 Å². The number of rotatable bonds is 5. The molecule has 1 saturated carbocycles. The molecular formula is C18H25F3N2O4. The lowest BCUT2D eigenvalue weighted by Crippen LogP contribution is -2.66. The van der Waals surface area contributed by atoms with E-state index in [4.69, 9.17) is 0 Å². The van der Waals surface area contributed by atoms with Crippen LogP contribution in [0.3, 0.4) is 0 Å². The van der Waals surface area contributed by atoms with Crippen LogP contribution < -0.4 is 5.32 Å². The zero-order chi connectivity index (χ0) is 20.6. The van der Waals surface area contributed by atoms with Gasteiger partial charge in [0.2, 0.25) is 11.4 Å². The molecule has 2 amide bonds. The summed E-state index contributed by atoms with van der Waals surface area (Å²) in [6, 6.07) is -0.427. The number of carbonyl (C=O) groups is 3. The fourth-order valence-corrected chi connectivity index (χ4v) is 3.92. The van der Waals surface area contributed by atoms with Crippen LogP contribution in [0.4, 0.5) is 13.2 Å². The van der Waals surface area contributed by atoms with E-state index in [9.17, 15) is 27.6 Å². The molecule has 1 aliphatic carbocycles. The summed E-state index contributed by atoms with van der Waals surface area (Å²) >= 11 is 0. The fraction of sp³-hybridized carbons (Fsp3) is 0.722. The van der Waals surface area contributed by atoms with Gasteiger partial charge in [0.05, 0.1) is 7.11 Å². The first kappa shape index (κ1) is 21.2. The second kappa shape index (κ2) is 7.52. The predicted molar refractivity (Wildman–Crippen MR) is 90.2 cm³/mol. The first-order chi connectivity index (χ1) is 12.5. The molecule has 1 heterocycles. The molecule has 1 unspecified atom stereocenters. The molecule has 1 atom stereocenters. The Bertz CT molecular complexity index is 666. The molecule has 0 aromatic rings. The van der Waals surface area contributed by atoms with E-state index in [1.807, 2.05) is 5.32 Å². The van der Waals surface area contributed by atoms with E-state index in [0.29, 0.717) is 12.8 Å². The molecule has 0 saturated heterocycles. The molecule has 0 aromatic heterocycles. The van der Waals surface area contributed by atoms with Crippen molar-refractivity contribution in [2.24, 2.45) is 5.92 Å². The maximum absolute atomic E-state index is 14.2. The zero-order valence-corrected chi connectivity index (χ0v) is 15.9. The summed E-state index contributed by atoms with van der Waals surface area (Å²) < 4.78 is 47.3. The normalized spacial score (nSPS) is 24.1. The third kappa shape index (κ3) is 3.55. The molecule has 152 valence electrons. The molecule has 1 N–H and O–H groups in total. The summed E-state index contributed by atoms with van der Waals surface area (Å²) in [5.74, 6) is -3.78. The Balaban J connectivity index is 2.62. The number of nitrogens with zero attached hydrogens (tertiary/aromatic N) is 1. The second-order valence-electron chi connectivity index (χ2n) is 7.46. The monoisotopic (exact) mass is 390 g/mol. The molecule has 27 heavy (non-hydrogen) atoms. The maximum atomic E-state index is 14.2. The van der Waals surface area contributed by atoms with E-state index in [1.54, 1.807) is 13.8 Å². The topological polar surface area (TPSA) is 75.7 Å². The van der Waals surface area contributed by atoms with Crippen LogP contribution in [-0.2, 0) is 19.1 Å². The van der Waals surface area contributed by atoms with Gasteiger partial charge in [0.25, 0.3) is 5.91 Å². The van der Waals surface area contributed by atoms with Gasteiger partial charge in [0, 0.05) is 18.2 Å². The Morgan fingerprint density at radius 3 is 2.30 bits per heavy atom. The highest BCUT2D eigenvalue weighted by molar-refractivity contribution is 6.10. The maximum Gasteiger partial charge on any atom is 0.425 e. The van der Waals surface area contributed by atoms with Gasteiger partial charge >= 0.3 is 12.1 Å². The van der Waals surface area contributed by atoms with Crippen molar-refractivity contribution in [1.29, 1.82) is 0 Å². The van der Waals surface area contributed by atoms with Crippen LogP contribution >= 0.6 is 0 Å². The molecule has 0 spiro atoms. The van der Waals surface area contributed by atoms with E-state index >= 15 is 0 Å². The number of alkyl halides is 3. The first-order valence-electron chi connectivity index (χ1n) is 8.98. The van der Waals surface area contributed by atoms with Gasteiger partial charge < -0.3 is 15.0 Å². The highest BCUT2D eigenvalue weighted by Crippen LogP contribution is 2.47. The lowest BCUT2D eigenvalue weighted by Gasteiger charge is -2.34. The van der Waals surface area contributed by atoms with Crippen molar-refractivity contribution in [3.63, 3.8) is 0 Å². The Morgan fingerprint density at radius 1 is 1.30 bits per heavy atom. The number of nitrogens with one attached hydrogen (secondary N) is 1. The minimum absolute atomic E-state index is 0.110. The van der Waals surface area contributed by atoms with Crippen LogP contribution in [0.25, 0.3) is 0 Å². The summed E-state index contributed by atoms with van der Waals surface area (Å²) in [6.45, 7) is 4.64. The molecule has 0 radical (unpaired) electrons. The van der Waals surface area contributed by atoms with Gasteiger partial charge in [-0.05, 0) is 25.7 Å². The van der Waals surface area contributed by atoms with Crippen molar-refractivity contribution >= 4 is 17.8 Å². The van der Waals surface area contributed by atoms with Crippen molar-refractivity contribution in [3.05, 3.63) is 11.3 Å². The number of methoxy groups -OCH3 is 1. The number of amides is 2. The summed E-state index contributed by atoms with van der Waals surface area (Å²) in [5, 5.41) is 1.85.